The van der Waals surface area contributed by atoms with Gasteiger partial charge in [-0.25, -0.2) is 0 Å². The van der Waals surface area contributed by atoms with Crippen LogP contribution in [0.5, 0.6) is 0 Å². The van der Waals surface area contributed by atoms with Gasteiger partial charge in [0.2, 0.25) is 5.82 Å². The first-order valence-electron chi connectivity index (χ1n) is 4.63. The predicted octanol–water partition coefficient (Wildman–Crippen LogP) is 1.84. The second kappa shape index (κ2) is 5.20. The molecule has 0 atom stereocenters. The largest absolute Gasteiger partial charge is 0.466 e. The fraction of sp³-hybridized carbons (Fsp3) is 0.300. The first-order valence-corrected chi connectivity index (χ1v) is 4.63. The van der Waals surface area contributed by atoms with E-state index >= 15 is 0 Å². The minimum absolute atomic E-state index is 0.0346. The van der Waals surface area contributed by atoms with Crippen LogP contribution in [-0.2, 0) is 16.0 Å². The van der Waals surface area contributed by atoms with E-state index in [1.807, 2.05) is 0 Å². The minimum atomic E-state index is -0.986. The Kier molecular flexibility index (Phi) is 3.93. The number of hydrogen-bond acceptors (Lipinski definition) is 4. The van der Waals surface area contributed by atoms with Crippen LogP contribution in [0, 0.1) is 15.9 Å². The zero-order valence-electron chi connectivity index (χ0n) is 8.60. The van der Waals surface area contributed by atoms with E-state index in [4.69, 9.17) is 0 Å². The van der Waals surface area contributed by atoms with Gasteiger partial charge in [0.25, 0.3) is 0 Å². The number of ether oxygens (including phenoxy) is 1. The fourth-order valence-corrected chi connectivity index (χ4v) is 1.21. The molecule has 0 N–H and O–H groups in total. The van der Waals surface area contributed by atoms with Gasteiger partial charge in [0, 0.05) is 11.6 Å². The topological polar surface area (TPSA) is 69.4 Å². The number of nitrogens with zero attached hydrogens (tertiary/aromatic N) is 1. The van der Waals surface area contributed by atoms with E-state index in [-0.39, 0.29) is 18.6 Å². The third-order valence-corrected chi connectivity index (χ3v) is 1.90. The Morgan fingerprint density at radius 3 is 2.81 bits per heavy atom. The van der Waals surface area contributed by atoms with Crippen LogP contribution >= 0.6 is 0 Å². The van der Waals surface area contributed by atoms with Gasteiger partial charge in [0.1, 0.15) is 0 Å². The first-order chi connectivity index (χ1) is 7.56. The van der Waals surface area contributed by atoms with Crippen molar-refractivity contribution in [2.75, 3.05) is 6.61 Å². The molecule has 0 aliphatic heterocycles. The zero-order chi connectivity index (χ0) is 12.1. The van der Waals surface area contributed by atoms with Gasteiger partial charge in [0.05, 0.1) is 18.0 Å². The SMILES string of the molecule is CCOC(=O)Cc1cccc([N+](=O)[O-])c1F. The summed E-state index contributed by atoms with van der Waals surface area (Å²) in [5.74, 6) is -1.59. The first kappa shape index (κ1) is 12.1. The highest BCUT2D eigenvalue weighted by molar-refractivity contribution is 5.72. The maximum absolute atomic E-state index is 13.5. The van der Waals surface area contributed by atoms with E-state index in [0.717, 1.165) is 6.07 Å². The van der Waals surface area contributed by atoms with Gasteiger partial charge in [-0.15, -0.1) is 0 Å². The predicted molar refractivity (Wildman–Crippen MR) is 53.4 cm³/mol. The summed E-state index contributed by atoms with van der Waals surface area (Å²) < 4.78 is 18.1. The molecule has 1 rings (SSSR count). The number of carbonyl (C=O) groups excluding carboxylic acids is 1. The van der Waals surface area contributed by atoms with Crippen molar-refractivity contribution in [3.8, 4) is 0 Å². The quantitative estimate of drug-likeness (QED) is 0.447. The third-order valence-electron chi connectivity index (χ3n) is 1.90. The number of hydrogen-bond donors (Lipinski definition) is 0. The van der Waals surface area contributed by atoms with Gasteiger partial charge in [-0.1, -0.05) is 12.1 Å². The molecule has 0 spiro atoms. The van der Waals surface area contributed by atoms with Gasteiger partial charge in [-0.2, -0.15) is 4.39 Å². The van der Waals surface area contributed by atoms with Crippen molar-refractivity contribution in [1.29, 1.82) is 0 Å². The average Bonchev–Trinajstić information content (AvgIpc) is 2.21. The molecule has 0 radical (unpaired) electrons. The summed E-state index contributed by atoms with van der Waals surface area (Å²) in [7, 11) is 0. The van der Waals surface area contributed by atoms with Crippen molar-refractivity contribution < 1.29 is 18.8 Å². The Bertz CT molecular complexity index is 419. The highest BCUT2D eigenvalue weighted by Gasteiger charge is 2.18. The van der Waals surface area contributed by atoms with Crippen LogP contribution in [0.25, 0.3) is 0 Å². The van der Waals surface area contributed by atoms with Crippen LogP contribution in [0.3, 0.4) is 0 Å². The number of halogens is 1. The number of benzene rings is 1. The molecule has 1 aromatic carbocycles. The molecule has 0 heterocycles. The molecule has 86 valence electrons. The average molecular weight is 227 g/mol. The molecule has 0 saturated heterocycles. The maximum atomic E-state index is 13.5. The second-order valence-electron chi connectivity index (χ2n) is 2.99. The van der Waals surface area contributed by atoms with Gasteiger partial charge in [-0.05, 0) is 6.92 Å². The second-order valence-corrected chi connectivity index (χ2v) is 2.99. The molecule has 0 bridgehead atoms. The number of rotatable bonds is 4. The molecule has 0 unspecified atom stereocenters. The minimum Gasteiger partial charge on any atom is -0.466 e. The van der Waals surface area contributed by atoms with Gasteiger partial charge >= 0.3 is 11.7 Å². The number of esters is 1. The molecule has 0 fully saturated rings. The van der Waals surface area contributed by atoms with Crippen LogP contribution in [0.2, 0.25) is 0 Å². The van der Waals surface area contributed by atoms with Gasteiger partial charge in [0.15, 0.2) is 0 Å². The van der Waals surface area contributed by atoms with E-state index in [1.54, 1.807) is 6.92 Å². The molecule has 5 nitrogen and oxygen atoms in total. The summed E-state index contributed by atoms with van der Waals surface area (Å²) in [4.78, 5) is 20.7. The van der Waals surface area contributed by atoms with Crippen LogP contribution in [0.4, 0.5) is 10.1 Å². The summed E-state index contributed by atoms with van der Waals surface area (Å²) in [6.45, 7) is 1.82. The maximum Gasteiger partial charge on any atom is 0.310 e. The Balaban J connectivity index is 2.93. The molecule has 0 aliphatic carbocycles. The van der Waals surface area contributed by atoms with Crippen molar-refractivity contribution in [3.05, 3.63) is 39.7 Å². The van der Waals surface area contributed by atoms with E-state index in [1.165, 1.54) is 12.1 Å². The summed E-state index contributed by atoms with van der Waals surface area (Å²) in [5, 5.41) is 10.4. The normalized spacial score (nSPS) is 9.88. The lowest BCUT2D eigenvalue weighted by Crippen LogP contribution is -2.09. The van der Waals surface area contributed by atoms with Crippen LogP contribution < -0.4 is 0 Å². The molecule has 1 aromatic rings. The molecule has 0 amide bonds. The molecule has 6 heteroatoms. The highest BCUT2D eigenvalue weighted by atomic mass is 19.1. The summed E-state index contributed by atoms with van der Waals surface area (Å²) in [5.41, 5.74) is -0.672. The van der Waals surface area contributed by atoms with Crippen LogP contribution in [-0.4, -0.2) is 17.5 Å². The molecule has 0 aliphatic rings. The lowest BCUT2D eigenvalue weighted by molar-refractivity contribution is -0.387. The lowest BCUT2D eigenvalue weighted by Gasteiger charge is -2.03. The Morgan fingerprint density at radius 1 is 1.56 bits per heavy atom. The monoisotopic (exact) mass is 227 g/mol. The zero-order valence-corrected chi connectivity index (χ0v) is 8.60. The van der Waals surface area contributed by atoms with Crippen molar-refractivity contribution in [2.24, 2.45) is 0 Å². The third kappa shape index (κ3) is 2.75. The Morgan fingerprint density at radius 2 is 2.25 bits per heavy atom. The van der Waals surface area contributed by atoms with Crippen LogP contribution in [0.1, 0.15) is 12.5 Å². The van der Waals surface area contributed by atoms with Crippen molar-refractivity contribution in [2.45, 2.75) is 13.3 Å². The summed E-state index contributed by atoms with van der Waals surface area (Å²) in [6, 6.07) is 3.69. The van der Waals surface area contributed by atoms with Crippen molar-refractivity contribution >= 4 is 11.7 Å². The van der Waals surface area contributed by atoms with Crippen molar-refractivity contribution in [1.82, 2.24) is 0 Å². The van der Waals surface area contributed by atoms with Crippen molar-refractivity contribution in [3.63, 3.8) is 0 Å². The Labute approximate surface area is 91.0 Å². The lowest BCUT2D eigenvalue weighted by atomic mass is 10.1. The van der Waals surface area contributed by atoms with Gasteiger partial charge < -0.3 is 4.74 Å². The van der Waals surface area contributed by atoms with Crippen LogP contribution in [0.15, 0.2) is 18.2 Å². The standard InChI is InChI=1S/C10H10FNO4/c1-2-16-9(13)6-7-4-3-5-8(10(7)11)12(14)15/h3-5H,2,6H2,1H3. The molecular formula is C10H10FNO4. The summed E-state index contributed by atoms with van der Waals surface area (Å²) >= 11 is 0. The van der Waals surface area contributed by atoms with E-state index in [2.05, 4.69) is 4.74 Å². The van der Waals surface area contributed by atoms with Gasteiger partial charge in [-0.3, -0.25) is 14.9 Å². The number of nitro benzene ring substituents is 1. The molecule has 0 saturated carbocycles. The summed E-state index contributed by atoms with van der Waals surface area (Å²) in [6.07, 6.45) is -0.304. The smallest absolute Gasteiger partial charge is 0.310 e. The van der Waals surface area contributed by atoms with E-state index in [9.17, 15) is 19.3 Å². The molecular weight excluding hydrogens is 217 g/mol. The highest BCUT2D eigenvalue weighted by Crippen LogP contribution is 2.20. The molecule has 16 heavy (non-hydrogen) atoms. The fourth-order valence-electron chi connectivity index (χ4n) is 1.21. The molecule has 0 aromatic heterocycles. The van der Waals surface area contributed by atoms with E-state index in [0.29, 0.717) is 0 Å². The number of nitro groups is 1. The Hall–Kier alpha value is -1.98. The van der Waals surface area contributed by atoms with E-state index < -0.39 is 22.4 Å². The number of carbonyl (C=O) groups is 1.